The van der Waals surface area contributed by atoms with Crippen molar-refractivity contribution >= 4 is 11.4 Å². The summed E-state index contributed by atoms with van der Waals surface area (Å²) < 4.78 is 5.25. The van der Waals surface area contributed by atoms with Crippen LogP contribution in [0.5, 0.6) is 5.75 Å². The number of hydrogen-bond acceptors (Lipinski definition) is 4. The SMILES string of the molecule is COc1ccc(C(=C(C)C)c2ccc(CC(=O)c3cnccc3C)nc2)cc1. The zero-order chi connectivity index (χ0) is 20.1. The van der Waals surface area contributed by atoms with Gasteiger partial charge in [0.25, 0.3) is 0 Å². The molecule has 0 aliphatic rings. The number of carbonyl (C=O) groups excluding carboxylic acids is 1. The van der Waals surface area contributed by atoms with Gasteiger partial charge in [-0.2, -0.15) is 0 Å². The van der Waals surface area contributed by atoms with E-state index < -0.39 is 0 Å². The van der Waals surface area contributed by atoms with E-state index in [2.05, 4.69) is 23.8 Å². The van der Waals surface area contributed by atoms with Crippen LogP contribution in [0.2, 0.25) is 0 Å². The average molecular weight is 372 g/mol. The molecule has 0 bridgehead atoms. The third-order valence-electron chi connectivity index (χ3n) is 4.67. The van der Waals surface area contributed by atoms with E-state index in [0.29, 0.717) is 5.56 Å². The minimum absolute atomic E-state index is 0.0310. The molecule has 142 valence electrons. The molecule has 1 aromatic carbocycles. The van der Waals surface area contributed by atoms with E-state index in [9.17, 15) is 4.79 Å². The minimum atomic E-state index is 0.0310. The molecule has 0 radical (unpaired) electrons. The van der Waals surface area contributed by atoms with Gasteiger partial charge in [0.05, 0.1) is 13.5 Å². The first-order valence-electron chi connectivity index (χ1n) is 9.20. The lowest BCUT2D eigenvalue weighted by Gasteiger charge is -2.12. The van der Waals surface area contributed by atoms with Gasteiger partial charge in [-0.15, -0.1) is 0 Å². The van der Waals surface area contributed by atoms with E-state index >= 15 is 0 Å². The lowest BCUT2D eigenvalue weighted by Crippen LogP contribution is -2.07. The van der Waals surface area contributed by atoms with Gasteiger partial charge in [0.15, 0.2) is 5.78 Å². The molecule has 0 aliphatic carbocycles. The van der Waals surface area contributed by atoms with Crippen molar-refractivity contribution in [2.75, 3.05) is 7.11 Å². The smallest absolute Gasteiger partial charge is 0.170 e. The van der Waals surface area contributed by atoms with Crippen molar-refractivity contribution in [1.82, 2.24) is 9.97 Å². The summed E-state index contributed by atoms with van der Waals surface area (Å²) in [4.78, 5) is 21.1. The lowest BCUT2D eigenvalue weighted by molar-refractivity contribution is 0.0991. The first-order valence-corrected chi connectivity index (χ1v) is 9.20. The van der Waals surface area contributed by atoms with Crippen LogP contribution in [0, 0.1) is 6.92 Å². The summed E-state index contributed by atoms with van der Waals surface area (Å²) in [6.45, 7) is 6.09. The number of Topliss-reactive ketones (excluding diaryl/α,β-unsaturated/α-hetero) is 1. The molecule has 2 aromatic heterocycles. The van der Waals surface area contributed by atoms with Crippen LogP contribution in [0.3, 0.4) is 0 Å². The lowest BCUT2D eigenvalue weighted by atomic mass is 9.95. The van der Waals surface area contributed by atoms with Crippen LogP contribution in [0.15, 0.2) is 66.6 Å². The van der Waals surface area contributed by atoms with Gasteiger partial charge in [0.1, 0.15) is 5.75 Å². The monoisotopic (exact) mass is 372 g/mol. The van der Waals surface area contributed by atoms with Crippen molar-refractivity contribution in [1.29, 1.82) is 0 Å². The van der Waals surface area contributed by atoms with Crippen molar-refractivity contribution in [2.45, 2.75) is 27.2 Å². The molecule has 0 saturated carbocycles. The average Bonchev–Trinajstić information content (AvgIpc) is 2.70. The van der Waals surface area contributed by atoms with Gasteiger partial charge in [0.2, 0.25) is 0 Å². The van der Waals surface area contributed by atoms with E-state index in [-0.39, 0.29) is 12.2 Å². The molecule has 0 spiro atoms. The molecule has 0 saturated heterocycles. The number of pyridine rings is 2. The Kier molecular flexibility index (Phi) is 5.99. The van der Waals surface area contributed by atoms with Crippen molar-refractivity contribution in [3.8, 4) is 5.75 Å². The summed E-state index contributed by atoms with van der Waals surface area (Å²) in [5.41, 5.74) is 6.80. The zero-order valence-corrected chi connectivity index (χ0v) is 16.7. The minimum Gasteiger partial charge on any atom is -0.497 e. The van der Waals surface area contributed by atoms with Crippen molar-refractivity contribution in [3.63, 3.8) is 0 Å². The third-order valence-corrected chi connectivity index (χ3v) is 4.67. The van der Waals surface area contributed by atoms with Crippen molar-refractivity contribution in [3.05, 3.63) is 94.6 Å². The van der Waals surface area contributed by atoms with Crippen LogP contribution >= 0.6 is 0 Å². The molecule has 0 unspecified atom stereocenters. The summed E-state index contributed by atoms with van der Waals surface area (Å²) >= 11 is 0. The van der Waals surface area contributed by atoms with Crippen LogP contribution in [-0.2, 0) is 6.42 Å². The standard InChI is InChI=1S/C24H24N2O2/c1-16(2)24(18-6-9-21(28-4)10-7-18)19-5-8-20(26-14-19)13-23(27)22-15-25-12-11-17(22)3/h5-12,14-15H,13H2,1-4H3. The Morgan fingerprint density at radius 2 is 1.68 bits per heavy atom. The summed E-state index contributed by atoms with van der Waals surface area (Å²) in [5, 5.41) is 0. The summed E-state index contributed by atoms with van der Waals surface area (Å²) in [7, 11) is 1.66. The maximum absolute atomic E-state index is 12.5. The number of rotatable bonds is 6. The Hall–Kier alpha value is -3.27. The van der Waals surface area contributed by atoms with E-state index in [1.54, 1.807) is 19.5 Å². The van der Waals surface area contributed by atoms with Crippen LogP contribution in [0.1, 0.15) is 46.6 Å². The number of ketones is 1. The Morgan fingerprint density at radius 1 is 0.964 bits per heavy atom. The molecule has 0 fully saturated rings. The van der Waals surface area contributed by atoms with Gasteiger partial charge in [-0.05, 0) is 61.7 Å². The maximum atomic E-state index is 12.5. The molecule has 0 amide bonds. The number of hydrogen-bond donors (Lipinski definition) is 0. The molecule has 28 heavy (non-hydrogen) atoms. The van der Waals surface area contributed by atoms with Crippen LogP contribution in [-0.4, -0.2) is 22.9 Å². The van der Waals surface area contributed by atoms with Crippen LogP contribution < -0.4 is 4.74 Å². The molecule has 0 atom stereocenters. The molecular formula is C24H24N2O2. The van der Waals surface area contributed by atoms with Gasteiger partial charge >= 0.3 is 0 Å². The number of carbonyl (C=O) groups is 1. The molecular weight excluding hydrogens is 348 g/mol. The van der Waals surface area contributed by atoms with E-state index in [1.165, 1.54) is 5.57 Å². The second-order valence-electron chi connectivity index (χ2n) is 6.93. The predicted molar refractivity (Wildman–Crippen MR) is 112 cm³/mol. The Morgan fingerprint density at radius 3 is 2.25 bits per heavy atom. The van der Waals surface area contributed by atoms with Gasteiger partial charge < -0.3 is 4.74 Å². The van der Waals surface area contributed by atoms with Gasteiger partial charge in [-0.25, -0.2) is 0 Å². The number of aromatic nitrogens is 2. The number of ether oxygens (including phenoxy) is 1. The number of benzene rings is 1. The van der Waals surface area contributed by atoms with E-state index in [4.69, 9.17) is 4.74 Å². The number of allylic oxidation sites excluding steroid dienone is 1. The summed E-state index contributed by atoms with van der Waals surface area (Å²) in [6, 6.07) is 13.8. The fourth-order valence-electron chi connectivity index (χ4n) is 3.19. The number of aryl methyl sites for hydroxylation is 1. The molecule has 4 heteroatoms. The molecule has 0 aliphatic heterocycles. The van der Waals surface area contributed by atoms with Crippen molar-refractivity contribution < 1.29 is 9.53 Å². The highest BCUT2D eigenvalue weighted by Crippen LogP contribution is 2.28. The highest BCUT2D eigenvalue weighted by Gasteiger charge is 2.12. The van der Waals surface area contributed by atoms with Gasteiger partial charge in [-0.1, -0.05) is 23.8 Å². The first-order chi connectivity index (χ1) is 13.5. The maximum Gasteiger partial charge on any atom is 0.170 e. The first kappa shape index (κ1) is 19.5. The third kappa shape index (κ3) is 4.34. The molecule has 4 nitrogen and oxygen atoms in total. The second kappa shape index (κ2) is 8.61. The highest BCUT2D eigenvalue weighted by molar-refractivity contribution is 5.98. The Balaban J connectivity index is 1.83. The van der Waals surface area contributed by atoms with Crippen LogP contribution in [0.25, 0.3) is 5.57 Å². The molecule has 2 heterocycles. The van der Waals surface area contributed by atoms with Crippen LogP contribution in [0.4, 0.5) is 0 Å². The largest absolute Gasteiger partial charge is 0.497 e. The quantitative estimate of drug-likeness (QED) is 0.568. The summed E-state index contributed by atoms with van der Waals surface area (Å²) in [6.07, 6.45) is 5.42. The number of nitrogens with zero attached hydrogens (tertiary/aromatic N) is 2. The van der Waals surface area contributed by atoms with Gasteiger partial charge in [-0.3, -0.25) is 14.8 Å². The van der Waals surface area contributed by atoms with E-state index in [1.807, 2.05) is 55.6 Å². The Labute approximate surface area is 165 Å². The summed E-state index contributed by atoms with van der Waals surface area (Å²) in [5.74, 6) is 0.859. The fourth-order valence-corrected chi connectivity index (χ4v) is 3.19. The topological polar surface area (TPSA) is 52.1 Å². The van der Waals surface area contributed by atoms with Crippen molar-refractivity contribution in [2.24, 2.45) is 0 Å². The molecule has 0 N–H and O–H groups in total. The normalized spacial score (nSPS) is 10.4. The predicted octanol–water partition coefficient (Wildman–Crippen LogP) is 5.06. The number of methoxy groups -OCH3 is 1. The Bertz CT molecular complexity index is 1000. The second-order valence-corrected chi connectivity index (χ2v) is 6.93. The molecule has 3 aromatic rings. The fraction of sp³-hybridized carbons (Fsp3) is 0.208. The molecule has 3 rings (SSSR count). The highest BCUT2D eigenvalue weighted by atomic mass is 16.5. The van der Waals surface area contributed by atoms with E-state index in [0.717, 1.165) is 33.7 Å². The zero-order valence-electron chi connectivity index (χ0n) is 16.7. The van der Waals surface area contributed by atoms with Gasteiger partial charge in [0, 0.05) is 35.4 Å².